The first-order valence-corrected chi connectivity index (χ1v) is 10.9. The fraction of sp³-hybridized carbons (Fsp3) is 0.652. The third kappa shape index (κ3) is 5.88. The molecule has 3 rings (SSSR count). The number of likely N-dealkylation sites (tertiary alicyclic amines) is 1. The SMILES string of the molecule is CN=C(NCC1(c2ccccc2)CCOCC1)N1CCC(NC(=O)OC(C)(C)C)C1. The zero-order valence-corrected chi connectivity index (χ0v) is 18.7. The molecule has 2 fully saturated rings. The van der Waals surface area contributed by atoms with E-state index >= 15 is 0 Å². The van der Waals surface area contributed by atoms with Gasteiger partial charge in [-0.3, -0.25) is 4.99 Å². The van der Waals surface area contributed by atoms with Crippen molar-refractivity contribution in [2.75, 3.05) is 39.9 Å². The van der Waals surface area contributed by atoms with Crippen molar-refractivity contribution in [3.8, 4) is 0 Å². The minimum atomic E-state index is -0.491. The summed E-state index contributed by atoms with van der Waals surface area (Å²) in [5, 5.41) is 6.59. The smallest absolute Gasteiger partial charge is 0.407 e. The third-order valence-electron chi connectivity index (χ3n) is 5.84. The monoisotopic (exact) mass is 416 g/mol. The maximum atomic E-state index is 12.1. The summed E-state index contributed by atoms with van der Waals surface area (Å²) in [4.78, 5) is 18.8. The fourth-order valence-corrected chi connectivity index (χ4v) is 4.25. The van der Waals surface area contributed by atoms with Crippen LogP contribution in [0.1, 0.15) is 45.6 Å². The molecule has 0 saturated carbocycles. The van der Waals surface area contributed by atoms with Gasteiger partial charge in [-0.15, -0.1) is 0 Å². The minimum Gasteiger partial charge on any atom is -0.444 e. The van der Waals surface area contributed by atoms with Crippen LogP contribution in [0.2, 0.25) is 0 Å². The molecule has 7 nitrogen and oxygen atoms in total. The van der Waals surface area contributed by atoms with Gasteiger partial charge in [0.1, 0.15) is 5.60 Å². The molecule has 0 bridgehead atoms. The van der Waals surface area contributed by atoms with Crippen LogP contribution in [0.4, 0.5) is 4.79 Å². The summed E-state index contributed by atoms with van der Waals surface area (Å²) >= 11 is 0. The van der Waals surface area contributed by atoms with Crippen LogP contribution in [0.15, 0.2) is 35.3 Å². The van der Waals surface area contributed by atoms with Gasteiger partial charge < -0.3 is 25.0 Å². The topological polar surface area (TPSA) is 75.2 Å². The lowest BCUT2D eigenvalue weighted by Crippen LogP contribution is -2.49. The van der Waals surface area contributed by atoms with Crippen molar-refractivity contribution in [1.82, 2.24) is 15.5 Å². The molecule has 1 atom stereocenters. The van der Waals surface area contributed by atoms with Crippen LogP contribution in [-0.4, -0.2) is 68.5 Å². The van der Waals surface area contributed by atoms with Crippen LogP contribution in [-0.2, 0) is 14.9 Å². The zero-order chi connectivity index (χ0) is 21.6. The molecule has 2 aliphatic rings. The number of ether oxygens (including phenoxy) is 2. The molecule has 1 aromatic rings. The standard InChI is InChI=1S/C23H36N4O3/c1-22(2,3)30-21(28)26-19-10-13-27(16-19)20(24-4)25-17-23(11-14-29-15-12-23)18-8-6-5-7-9-18/h5-9,19H,10-17H2,1-4H3,(H,24,25)(H,26,28). The Balaban J connectivity index is 1.58. The lowest BCUT2D eigenvalue weighted by atomic mass is 9.74. The van der Waals surface area contributed by atoms with Gasteiger partial charge in [0.05, 0.1) is 6.04 Å². The predicted molar refractivity (Wildman–Crippen MR) is 119 cm³/mol. The molecule has 0 aliphatic carbocycles. The lowest BCUT2D eigenvalue weighted by molar-refractivity contribution is 0.0507. The second-order valence-corrected chi connectivity index (χ2v) is 9.24. The van der Waals surface area contributed by atoms with E-state index in [0.29, 0.717) is 0 Å². The largest absolute Gasteiger partial charge is 0.444 e. The van der Waals surface area contributed by atoms with Crippen LogP contribution >= 0.6 is 0 Å². The summed E-state index contributed by atoms with van der Waals surface area (Å²) in [5.41, 5.74) is 0.904. The molecule has 166 valence electrons. The number of carbonyl (C=O) groups is 1. The van der Waals surface area contributed by atoms with Crippen LogP contribution in [0.3, 0.4) is 0 Å². The van der Waals surface area contributed by atoms with Gasteiger partial charge in [0.2, 0.25) is 0 Å². The van der Waals surface area contributed by atoms with E-state index in [2.05, 4.69) is 50.9 Å². The van der Waals surface area contributed by atoms with Gasteiger partial charge in [0.15, 0.2) is 5.96 Å². The first kappa shape index (κ1) is 22.4. The number of rotatable bonds is 4. The molecule has 0 aromatic heterocycles. The van der Waals surface area contributed by atoms with Gasteiger partial charge in [0, 0.05) is 45.3 Å². The van der Waals surface area contributed by atoms with Gasteiger partial charge in [-0.05, 0) is 45.6 Å². The molecule has 1 aromatic carbocycles. The Kier molecular flexibility index (Phi) is 7.23. The average molecular weight is 417 g/mol. The van der Waals surface area contributed by atoms with Gasteiger partial charge in [-0.25, -0.2) is 4.79 Å². The molecule has 1 amide bonds. The number of benzene rings is 1. The molecule has 2 saturated heterocycles. The maximum Gasteiger partial charge on any atom is 0.407 e. The van der Waals surface area contributed by atoms with Crippen LogP contribution < -0.4 is 10.6 Å². The second kappa shape index (κ2) is 9.69. The van der Waals surface area contributed by atoms with E-state index in [0.717, 1.165) is 58.1 Å². The summed E-state index contributed by atoms with van der Waals surface area (Å²) in [6.07, 6.45) is 2.49. The highest BCUT2D eigenvalue weighted by Crippen LogP contribution is 2.34. The maximum absolute atomic E-state index is 12.1. The van der Waals surface area contributed by atoms with Crippen molar-refractivity contribution in [2.45, 2.75) is 57.1 Å². The van der Waals surface area contributed by atoms with Crippen molar-refractivity contribution >= 4 is 12.1 Å². The Morgan fingerprint density at radius 1 is 1.27 bits per heavy atom. The Hall–Kier alpha value is -2.28. The average Bonchev–Trinajstić information content (AvgIpc) is 3.16. The highest BCUT2D eigenvalue weighted by molar-refractivity contribution is 5.80. The number of nitrogens with zero attached hydrogens (tertiary/aromatic N) is 2. The Morgan fingerprint density at radius 2 is 1.97 bits per heavy atom. The van der Waals surface area contributed by atoms with E-state index in [1.807, 2.05) is 27.8 Å². The van der Waals surface area contributed by atoms with Gasteiger partial charge in [-0.2, -0.15) is 0 Å². The van der Waals surface area contributed by atoms with Gasteiger partial charge in [0.25, 0.3) is 0 Å². The number of aliphatic imine (C=N–C) groups is 1. The van der Waals surface area contributed by atoms with Gasteiger partial charge in [-0.1, -0.05) is 30.3 Å². The number of amides is 1. The second-order valence-electron chi connectivity index (χ2n) is 9.24. The summed E-state index contributed by atoms with van der Waals surface area (Å²) in [7, 11) is 1.82. The zero-order valence-electron chi connectivity index (χ0n) is 18.7. The number of hydrogen-bond donors (Lipinski definition) is 2. The van der Waals surface area contributed by atoms with E-state index in [-0.39, 0.29) is 17.6 Å². The molecule has 2 heterocycles. The van der Waals surface area contributed by atoms with Crippen molar-refractivity contribution in [3.63, 3.8) is 0 Å². The first-order chi connectivity index (χ1) is 14.3. The Labute approximate surface area is 180 Å². The van der Waals surface area contributed by atoms with E-state index in [1.165, 1.54) is 5.56 Å². The van der Waals surface area contributed by atoms with E-state index in [9.17, 15) is 4.79 Å². The van der Waals surface area contributed by atoms with Crippen molar-refractivity contribution < 1.29 is 14.3 Å². The van der Waals surface area contributed by atoms with E-state index in [1.54, 1.807) is 0 Å². The highest BCUT2D eigenvalue weighted by Gasteiger charge is 2.35. The van der Waals surface area contributed by atoms with Crippen LogP contribution in [0.25, 0.3) is 0 Å². The molecular formula is C23H36N4O3. The van der Waals surface area contributed by atoms with E-state index in [4.69, 9.17) is 9.47 Å². The molecule has 1 unspecified atom stereocenters. The Bertz CT molecular complexity index is 724. The number of hydrogen-bond acceptors (Lipinski definition) is 4. The third-order valence-corrected chi connectivity index (χ3v) is 5.84. The highest BCUT2D eigenvalue weighted by atomic mass is 16.6. The normalized spacial score (nSPS) is 21.9. The molecule has 7 heteroatoms. The summed E-state index contributed by atoms with van der Waals surface area (Å²) in [6, 6.07) is 10.8. The quantitative estimate of drug-likeness (QED) is 0.583. The van der Waals surface area contributed by atoms with Crippen LogP contribution in [0, 0.1) is 0 Å². The molecule has 2 N–H and O–H groups in total. The van der Waals surface area contributed by atoms with Gasteiger partial charge >= 0.3 is 6.09 Å². The number of guanidine groups is 1. The van der Waals surface area contributed by atoms with Crippen LogP contribution in [0.5, 0.6) is 0 Å². The first-order valence-electron chi connectivity index (χ1n) is 10.9. The molecule has 30 heavy (non-hydrogen) atoms. The molecule has 0 radical (unpaired) electrons. The lowest BCUT2D eigenvalue weighted by Gasteiger charge is -2.39. The molecule has 2 aliphatic heterocycles. The predicted octanol–water partition coefficient (Wildman–Crippen LogP) is 2.91. The Morgan fingerprint density at radius 3 is 2.60 bits per heavy atom. The van der Waals surface area contributed by atoms with E-state index < -0.39 is 5.60 Å². The molecular weight excluding hydrogens is 380 g/mol. The minimum absolute atomic E-state index is 0.0450. The number of nitrogens with one attached hydrogen (secondary N) is 2. The van der Waals surface area contributed by atoms with Crippen molar-refractivity contribution in [1.29, 1.82) is 0 Å². The number of alkyl carbamates (subject to hydrolysis) is 1. The van der Waals surface area contributed by atoms with Crippen molar-refractivity contribution in [2.24, 2.45) is 4.99 Å². The summed E-state index contributed by atoms with van der Waals surface area (Å²) in [5.74, 6) is 0.880. The number of carbonyl (C=O) groups excluding carboxylic acids is 1. The summed E-state index contributed by atoms with van der Waals surface area (Å²) < 4.78 is 11.0. The summed E-state index contributed by atoms with van der Waals surface area (Å²) in [6.45, 7) is 9.56. The fourth-order valence-electron chi connectivity index (χ4n) is 4.25. The molecule has 0 spiro atoms. The van der Waals surface area contributed by atoms with Crippen molar-refractivity contribution in [3.05, 3.63) is 35.9 Å².